The maximum Gasteiger partial charge on any atom is 0.224 e. The quantitative estimate of drug-likeness (QED) is 0.804. The van der Waals surface area contributed by atoms with E-state index in [4.69, 9.17) is 5.73 Å². The van der Waals surface area contributed by atoms with E-state index in [0.29, 0.717) is 6.42 Å². The van der Waals surface area contributed by atoms with E-state index in [9.17, 15) is 4.79 Å². The number of piperazine rings is 1. The van der Waals surface area contributed by atoms with Crippen LogP contribution >= 0.6 is 0 Å². The number of rotatable bonds is 4. The lowest BCUT2D eigenvalue weighted by molar-refractivity contribution is -0.135. The number of nitrogens with two attached hydrogens (primary N) is 1. The van der Waals surface area contributed by atoms with Gasteiger partial charge in [-0.3, -0.25) is 9.69 Å². The summed E-state index contributed by atoms with van der Waals surface area (Å²) in [5, 5.41) is 0. The molecule has 3 fully saturated rings. The van der Waals surface area contributed by atoms with Crippen molar-refractivity contribution >= 4 is 5.91 Å². The molecule has 4 nitrogen and oxygen atoms in total. The third-order valence-electron chi connectivity index (χ3n) is 4.79. The third kappa shape index (κ3) is 2.86. The van der Waals surface area contributed by atoms with Crippen molar-refractivity contribution in [3.8, 4) is 0 Å². The predicted octanol–water partition coefficient (Wildman–Crippen LogP) is 0.812. The Morgan fingerprint density at radius 2 is 1.83 bits per heavy atom. The molecule has 1 heterocycles. The van der Waals surface area contributed by atoms with Crippen LogP contribution in [0.4, 0.5) is 0 Å². The molecule has 2 aliphatic carbocycles. The van der Waals surface area contributed by atoms with Gasteiger partial charge < -0.3 is 10.6 Å². The average molecular weight is 251 g/mol. The third-order valence-corrected chi connectivity index (χ3v) is 4.79. The Hall–Kier alpha value is -0.610. The Labute approximate surface area is 109 Å². The van der Waals surface area contributed by atoms with E-state index >= 15 is 0 Å². The molecule has 0 aromatic carbocycles. The van der Waals surface area contributed by atoms with Crippen molar-refractivity contribution in [1.29, 1.82) is 0 Å². The summed E-state index contributed by atoms with van der Waals surface area (Å²) in [6.45, 7) is 5.17. The molecule has 0 bridgehead atoms. The van der Waals surface area contributed by atoms with Crippen LogP contribution in [0, 0.1) is 5.92 Å². The average Bonchev–Trinajstić information content (AvgIpc) is 3.12. The van der Waals surface area contributed by atoms with Crippen LogP contribution in [-0.4, -0.2) is 54.0 Å². The van der Waals surface area contributed by atoms with E-state index in [-0.39, 0.29) is 11.4 Å². The van der Waals surface area contributed by atoms with Gasteiger partial charge in [-0.15, -0.1) is 0 Å². The monoisotopic (exact) mass is 251 g/mol. The number of hydrogen-bond donors (Lipinski definition) is 1. The van der Waals surface area contributed by atoms with Crippen LogP contribution in [0.2, 0.25) is 0 Å². The predicted molar refractivity (Wildman–Crippen MR) is 71.1 cm³/mol. The molecule has 0 aromatic rings. The molecular weight excluding hydrogens is 226 g/mol. The molecule has 3 aliphatic rings. The van der Waals surface area contributed by atoms with Gasteiger partial charge >= 0.3 is 0 Å². The van der Waals surface area contributed by atoms with Gasteiger partial charge in [-0.05, 0) is 38.0 Å². The maximum absolute atomic E-state index is 12.2. The zero-order chi connectivity index (χ0) is 12.6. The van der Waals surface area contributed by atoms with Crippen LogP contribution in [0.25, 0.3) is 0 Å². The molecule has 4 heteroatoms. The number of carbonyl (C=O) groups excluding carboxylic acids is 1. The molecule has 18 heavy (non-hydrogen) atoms. The fourth-order valence-corrected chi connectivity index (χ4v) is 3.07. The molecule has 0 spiro atoms. The van der Waals surface area contributed by atoms with E-state index in [1.54, 1.807) is 0 Å². The highest BCUT2D eigenvalue weighted by Gasteiger charge is 2.36. The summed E-state index contributed by atoms with van der Waals surface area (Å²) >= 11 is 0. The minimum Gasteiger partial charge on any atom is -0.340 e. The largest absolute Gasteiger partial charge is 0.340 e. The number of carbonyl (C=O) groups is 1. The number of nitrogens with zero attached hydrogens (tertiary/aromatic N) is 2. The van der Waals surface area contributed by atoms with E-state index in [1.165, 1.54) is 25.8 Å². The Morgan fingerprint density at radius 1 is 1.17 bits per heavy atom. The molecule has 1 amide bonds. The smallest absolute Gasteiger partial charge is 0.224 e. The van der Waals surface area contributed by atoms with Gasteiger partial charge in [-0.2, -0.15) is 0 Å². The number of amides is 1. The van der Waals surface area contributed by atoms with Crippen LogP contribution in [0.5, 0.6) is 0 Å². The first-order valence-corrected chi connectivity index (χ1v) is 7.44. The summed E-state index contributed by atoms with van der Waals surface area (Å²) < 4.78 is 0. The first-order chi connectivity index (χ1) is 8.65. The summed E-state index contributed by atoms with van der Waals surface area (Å²) in [6, 6.07) is 0. The molecule has 0 atom stereocenters. The van der Waals surface area contributed by atoms with Gasteiger partial charge in [-0.1, -0.05) is 0 Å². The highest BCUT2D eigenvalue weighted by atomic mass is 16.2. The van der Waals surface area contributed by atoms with Gasteiger partial charge in [0.15, 0.2) is 0 Å². The summed E-state index contributed by atoms with van der Waals surface area (Å²) in [6.07, 6.45) is 6.64. The first kappa shape index (κ1) is 12.4. The Morgan fingerprint density at radius 3 is 2.33 bits per heavy atom. The van der Waals surface area contributed by atoms with Crippen LogP contribution in [0.3, 0.4) is 0 Å². The SMILES string of the molecule is NC1(CC(=O)N2CCN(CC3CC3)CC2)CCC1. The Bertz CT molecular complexity index is 315. The van der Waals surface area contributed by atoms with Gasteiger partial charge in [0.1, 0.15) is 0 Å². The minimum absolute atomic E-state index is 0.164. The highest BCUT2D eigenvalue weighted by molar-refractivity contribution is 5.77. The second kappa shape index (κ2) is 4.82. The highest BCUT2D eigenvalue weighted by Crippen LogP contribution is 2.33. The van der Waals surface area contributed by atoms with Crippen molar-refractivity contribution in [1.82, 2.24) is 9.80 Å². The minimum atomic E-state index is -0.164. The van der Waals surface area contributed by atoms with Crippen molar-refractivity contribution in [2.45, 2.75) is 44.1 Å². The molecule has 2 saturated carbocycles. The van der Waals surface area contributed by atoms with Crippen molar-refractivity contribution in [2.75, 3.05) is 32.7 Å². The van der Waals surface area contributed by atoms with Gasteiger partial charge in [0, 0.05) is 44.7 Å². The Balaban J connectivity index is 1.42. The van der Waals surface area contributed by atoms with Crippen LogP contribution < -0.4 is 5.73 Å². The number of hydrogen-bond acceptors (Lipinski definition) is 3. The maximum atomic E-state index is 12.2. The fourth-order valence-electron chi connectivity index (χ4n) is 3.07. The second-order valence-electron chi connectivity index (χ2n) is 6.52. The Kier molecular flexibility index (Phi) is 3.32. The lowest BCUT2D eigenvalue weighted by atomic mass is 9.75. The van der Waals surface area contributed by atoms with E-state index in [2.05, 4.69) is 4.90 Å². The van der Waals surface area contributed by atoms with E-state index in [0.717, 1.165) is 44.9 Å². The topological polar surface area (TPSA) is 49.6 Å². The van der Waals surface area contributed by atoms with Crippen molar-refractivity contribution in [3.05, 3.63) is 0 Å². The van der Waals surface area contributed by atoms with Gasteiger partial charge in [0.05, 0.1) is 0 Å². The molecular formula is C14H25N3O. The van der Waals surface area contributed by atoms with Crippen LogP contribution in [0.15, 0.2) is 0 Å². The molecule has 2 N–H and O–H groups in total. The molecule has 102 valence electrons. The molecule has 0 radical (unpaired) electrons. The van der Waals surface area contributed by atoms with Crippen LogP contribution in [-0.2, 0) is 4.79 Å². The summed E-state index contributed by atoms with van der Waals surface area (Å²) in [7, 11) is 0. The second-order valence-corrected chi connectivity index (χ2v) is 6.52. The molecule has 1 aliphatic heterocycles. The summed E-state index contributed by atoms with van der Waals surface area (Å²) in [5.41, 5.74) is 5.99. The normalized spacial score (nSPS) is 27.9. The van der Waals surface area contributed by atoms with Crippen LogP contribution in [0.1, 0.15) is 38.5 Å². The van der Waals surface area contributed by atoms with Crippen molar-refractivity contribution in [3.63, 3.8) is 0 Å². The van der Waals surface area contributed by atoms with E-state index in [1.807, 2.05) is 4.90 Å². The van der Waals surface area contributed by atoms with E-state index < -0.39 is 0 Å². The fraction of sp³-hybridized carbons (Fsp3) is 0.929. The molecule has 0 unspecified atom stereocenters. The lowest BCUT2D eigenvalue weighted by Crippen LogP contribution is -2.54. The van der Waals surface area contributed by atoms with Gasteiger partial charge in [0.2, 0.25) is 5.91 Å². The van der Waals surface area contributed by atoms with Crippen molar-refractivity contribution in [2.24, 2.45) is 11.7 Å². The van der Waals surface area contributed by atoms with Gasteiger partial charge in [0.25, 0.3) is 0 Å². The molecule has 0 aromatic heterocycles. The first-order valence-electron chi connectivity index (χ1n) is 7.44. The zero-order valence-corrected chi connectivity index (χ0v) is 11.2. The summed E-state index contributed by atoms with van der Waals surface area (Å²) in [4.78, 5) is 16.7. The van der Waals surface area contributed by atoms with Gasteiger partial charge in [-0.25, -0.2) is 0 Å². The zero-order valence-electron chi connectivity index (χ0n) is 11.2. The lowest BCUT2D eigenvalue weighted by Gasteiger charge is -2.41. The standard InChI is InChI=1S/C14H25N3O/c15-14(4-1-5-14)10-13(18)17-8-6-16(7-9-17)11-12-2-3-12/h12H,1-11,15H2. The van der Waals surface area contributed by atoms with Crippen molar-refractivity contribution < 1.29 is 4.79 Å². The molecule has 1 saturated heterocycles. The summed E-state index contributed by atoms with van der Waals surface area (Å²) in [5.74, 6) is 1.23. The molecule has 3 rings (SSSR count).